The zero-order valence-electron chi connectivity index (χ0n) is 9.99. The predicted octanol–water partition coefficient (Wildman–Crippen LogP) is -0.0607. The fourth-order valence-corrected chi connectivity index (χ4v) is 1.85. The summed E-state index contributed by atoms with van der Waals surface area (Å²) in [6, 6.07) is 0. The Morgan fingerprint density at radius 1 is 1.21 bits per heavy atom. The van der Waals surface area contributed by atoms with Gasteiger partial charge in [0.05, 0.1) is 6.61 Å². The maximum atomic E-state index is 10.8. The lowest BCUT2D eigenvalue weighted by Gasteiger charge is -2.10. The molecule has 0 aromatic rings. The van der Waals surface area contributed by atoms with E-state index in [1.807, 2.05) is 0 Å². The minimum absolute atomic E-state index is 0.00269. The molecule has 0 saturated heterocycles. The number of carboxylic acid groups (broad SMARTS) is 2. The number of rotatable bonds is 5. The molecule has 2 rings (SSSR count). The van der Waals surface area contributed by atoms with Gasteiger partial charge in [0.2, 0.25) is 6.29 Å². The van der Waals surface area contributed by atoms with Crippen molar-refractivity contribution < 1.29 is 38.8 Å². The first-order valence-electron chi connectivity index (χ1n) is 5.57. The highest BCUT2D eigenvalue weighted by atomic mass is 16.7. The van der Waals surface area contributed by atoms with Gasteiger partial charge in [-0.2, -0.15) is 0 Å². The monoisotopic (exact) mass is 272 g/mol. The Labute approximate surface area is 107 Å². The highest BCUT2D eigenvalue weighted by Crippen LogP contribution is 2.46. The van der Waals surface area contributed by atoms with Crippen LogP contribution in [0.3, 0.4) is 0 Å². The van der Waals surface area contributed by atoms with Crippen molar-refractivity contribution in [3.63, 3.8) is 0 Å². The molecule has 2 aliphatic rings. The highest BCUT2D eigenvalue weighted by Gasteiger charge is 2.51. The number of ether oxygens (including phenoxy) is 3. The lowest BCUT2D eigenvalue weighted by Crippen LogP contribution is -2.16. The van der Waals surface area contributed by atoms with Gasteiger partial charge in [-0.05, 0) is 6.42 Å². The number of esters is 1. The van der Waals surface area contributed by atoms with Crippen LogP contribution < -0.4 is 0 Å². The molecule has 1 heterocycles. The molecule has 19 heavy (non-hydrogen) atoms. The number of carbonyl (C=O) groups is 3. The van der Waals surface area contributed by atoms with Gasteiger partial charge < -0.3 is 24.4 Å². The summed E-state index contributed by atoms with van der Waals surface area (Å²) in [6.07, 6.45) is -0.324. The summed E-state index contributed by atoms with van der Waals surface area (Å²) in [6.45, 7) is 1.47. The van der Waals surface area contributed by atoms with Crippen LogP contribution in [-0.4, -0.2) is 41.0 Å². The maximum Gasteiger partial charge on any atom is 0.375 e. The zero-order valence-corrected chi connectivity index (χ0v) is 9.99. The second-order valence-corrected chi connectivity index (χ2v) is 4.33. The lowest BCUT2D eigenvalue weighted by atomic mass is 10.3. The smallest absolute Gasteiger partial charge is 0.375 e. The summed E-state index contributed by atoms with van der Waals surface area (Å²) in [5, 5.41) is 17.6. The van der Waals surface area contributed by atoms with E-state index in [1.54, 1.807) is 0 Å². The van der Waals surface area contributed by atoms with Crippen LogP contribution in [0.1, 0.15) is 13.3 Å². The molecular weight excluding hydrogens is 260 g/mol. The fraction of sp³-hybridized carbons (Fsp3) is 0.545. The summed E-state index contributed by atoms with van der Waals surface area (Å²) >= 11 is 0. The summed E-state index contributed by atoms with van der Waals surface area (Å²) in [4.78, 5) is 32.3. The van der Waals surface area contributed by atoms with E-state index in [2.05, 4.69) is 0 Å². The Balaban J connectivity index is 1.92. The molecule has 0 radical (unpaired) electrons. The van der Waals surface area contributed by atoms with Crippen molar-refractivity contribution in [2.75, 3.05) is 6.61 Å². The van der Waals surface area contributed by atoms with E-state index in [-0.39, 0.29) is 18.4 Å². The molecule has 2 N–H and O–H groups in total. The van der Waals surface area contributed by atoms with Crippen molar-refractivity contribution in [1.29, 1.82) is 0 Å². The van der Waals surface area contributed by atoms with Crippen molar-refractivity contribution >= 4 is 17.9 Å². The standard InChI is InChI=1S/C11H12O8/c1-4(12)17-3-5-2-6(5)11-18-7(9(13)14)8(19-11)10(15)16/h5-6,11H,2-3H2,1H3,(H,13,14)(H,15,16)/t5-,6-/m1/s1. The van der Waals surface area contributed by atoms with Gasteiger partial charge in [0, 0.05) is 18.8 Å². The fourth-order valence-electron chi connectivity index (χ4n) is 1.85. The molecule has 0 spiro atoms. The average molecular weight is 272 g/mol. The Morgan fingerprint density at radius 3 is 2.16 bits per heavy atom. The largest absolute Gasteiger partial charge is 0.475 e. The van der Waals surface area contributed by atoms with Crippen LogP contribution in [0.25, 0.3) is 0 Å². The second kappa shape index (κ2) is 4.79. The number of aliphatic carboxylic acids is 2. The third kappa shape index (κ3) is 2.78. The van der Waals surface area contributed by atoms with E-state index < -0.39 is 35.7 Å². The Hall–Kier alpha value is -2.25. The first-order chi connectivity index (χ1) is 8.90. The predicted molar refractivity (Wildman–Crippen MR) is 56.5 cm³/mol. The third-order valence-electron chi connectivity index (χ3n) is 2.89. The van der Waals surface area contributed by atoms with Gasteiger partial charge in [-0.3, -0.25) is 4.79 Å². The minimum atomic E-state index is -1.49. The molecule has 8 heteroatoms. The van der Waals surface area contributed by atoms with Crippen LogP contribution in [0.2, 0.25) is 0 Å². The number of carboxylic acids is 2. The van der Waals surface area contributed by atoms with E-state index in [0.717, 1.165) is 0 Å². The van der Waals surface area contributed by atoms with Crippen molar-refractivity contribution in [1.82, 2.24) is 0 Å². The molecule has 1 fully saturated rings. The quantitative estimate of drug-likeness (QED) is 0.668. The van der Waals surface area contributed by atoms with Crippen molar-refractivity contribution in [2.45, 2.75) is 19.6 Å². The minimum Gasteiger partial charge on any atom is -0.475 e. The molecule has 0 bridgehead atoms. The Kier molecular flexibility index (Phi) is 3.32. The van der Waals surface area contributed by atoms with Crippen LogP contribution in [-0.2, 0) is 28.6 Å². The molecule has 1 aliphatic heterocycles. The Morgan fingerprint density at radius 2 is 1.74 bits per heavy atom. The van der Waals surface area contributed by atoms with E-state index >= 15 is 0 Å². The summed E-state index contributed by atoms with van der Waals surface area (Å²) in [5.74, 6) is -4.96. The SMILES string of the molecule is CC(=O)OC[C@H]1C[C@H]1C1OC(C(=O)O)=C(C(=O)O)O1. The first kappa shape index (κ1) is 13.2. The third-order valence-corrected chi connectivity index (χ3v) is 2.89. The van der Waals surface area contributed by atoms with E-state index in [4.69, 9.17) is 24.4 Å². The van der Waals surface area contributed by atoms with Gasteiger partial charge in [-0.25, -0.2) is 9.59 Å². The van der Waals surface area contributed by atoms with Crippen molar-refractivity contribution in [3.8, 4) is 0 Å². The molecular formula is C11H12O8. The Bertz CT molecular complexity index is 439. The second-order valence-electron chi connectivity index (χ2n) is 4.33. The number of hydrogen-bond donors (Lipinski definition) is 2. The normalized spacial score (nSPS) is 25.5. The molecule has 1 aliphatic carbocycles. The van der Waals surface area contributed by atoms with E-state index in [0.29, 0.717) is 6.42 Å². The van der Waals surface area contributed by atoms with Crippen LogP contribution in [0.15, 0.2) is 11.5 Å². The average Bonchev–Trinajstić information content (AvgIpc) is 2.94. The zero-order chi connectivity index (χ0) is 14.2. The van der Waals surface area contributed by atoms with Gasteiger partial charge in [0.25, 0.3) is 11.5 Å². The van der Waals surface area contributed by atoms with Gasteiger partial charge >= 0.3 is 17.9 Å². The maximum absolute atomic E-state index is 10.8. The van der Waals surface area contributed by atoms with Gasteiger partial charge in [0.15, 0.2) is 0 Å². The molecule has 1 saturated carbocycles. The van der Waals surface area contributed by atoms with E-state index in [1.165, 1.54) is 6.92 Å². The molecule has 0 aromatic heterocycles. The van der Waals surface area contributed by atoms with Gasteiger partial charge in [0.1, 0.15) is 0 Å². The summed E-state index contributed by atoms with van der Waals surface area (Å²) < 4.78 is 14.8. The molecule has 0 unspecified atom stereocenters. The van der Waals surface area contributed by atoms with Gasteiger partial charge in [-0.15, -0.1) is 0 Å². The number of carbonyl (C=O) groups excluding carboxylic acids is 1. The van der Waals surface area contributed by atoms with Crippen LogP contribution >= 0.6 is 0 Å². The van der Waals surface area contributed by atoms with Crippen molar-refractivity contribution in [3.05, 3.63) is 11.5 Å². The molecule has 0 amide bonds. The molecule has 0 aromatic carbocycles. The first-order valence-corrected chi connectivity index (χ1v) is 5.57. The summed E-state index contributed by atoms with van der Waals surface area (Å²) in [5.41, 5.74) is 0. The highest BCUT2D eigenvalue weighted by molar-refractivity contribution is 5.96. The molecule has 8 nitrogen and oxygen atoms in total. The molecule has 104 valence electrons. The lowest BCUT2D eigenvalue weighted by molar-refractivity contribution is -0.142. The van der Waals surface area contributed by atoms with E-state index in [9.17, 15) is 14.4 Å². The topological polar surface area (TPSA) is 119 Å². The van der Waals surface area contributed by atoms with Gasteiger partial charge in [-0.1, -0.05) is 0 Å². The van der Waals surface area contributed by atoms with Crippen LogP contribution in [0.5, 0.6) is 0 Å². The van der Waals surface area contributed by atoms with Crippen LogP contribution in [0, 0.1) is 11.8 Å². The van der Waals surface area contributed by atoms with Crippen LogP contribution in [0.4, 0.5) is 0 Å². The molecule has 2 atom stereocenters. The van der Waals surface area contributed by atoms with Crippen molar-refractivity contribution in [2.24, 2.45) is 11.8 Å². The summed E-state index contributed by atoms with van der Waals surface area (Å²) in [7, 11) is 0. The number of hydrogen-bond acceptors (Lipinski definition) is 6.